The molecule has 0 spiro atoms. The highest BCUT2D eigenvalue weighted by Crippen LogP contribution is 2.21. The van der Waals surface area contributed by atoms with Gasteiger partial charge in [0, 0.05) is 12.1 Å². The number of hydrogen-bond donors (Lipinski definition) is 1. The van der Waals surface area contributed by atoms with E-state index < -0.39 is 34.1 Å². The third-order valence-electron chi connectivity index (χ3n) is 5.15. The van der Waals surface area contributed by atoms with Crippen molar-refractivity contribution in [2.45, 2.75) is 52.7 Å². The number of sulfonamides is 1. The van der Waals surface area contributed by atoms with Gasteiger partial charge in [0.05, 0.1) is 19.1 Å². The standard InChI is InChI=1S/C25H35N3O5S/c1-18-11-13-21(14-12-18)28(34(7,31)32)17-23(29)27(19(2)24(30)26-25(3,4)5)16-20-9-8-10-22(15-20)33-6/h8-15,19H,16-17H2,1-7H3,(H,26,30)/t19-/m1/s1. The summed E-state index contributed by atoms with van der Waals surface area (Å²) in [5.74, 6) is -0.204. The molecule has 0 fully saturated rings. The number of nitrogens with one attached hydrogen (secondary N) is 1. The maximum Gasteiger partial charge on any atom is 0.244 e. The lowest BCUT2D eigenvalue weighted by molar-refractivity contribution is -0.140. The van der Waals surface area contributed by atoms with Crippen LogP contribution in [0.1, 0.15) is 38.8 Å². The first-order chi connectivity index (χ1) is 15.7. The molecule has 1 N–H and O–H groups in total. The summed E-state index contributed by atoms with van der Waals surface area (Å²) in [5, 5.41) is 2.89. The molecular formula is C25H35N3O5S. The van der Waals surface area contributed by atoms with Gasteiger partial charge in [0.1, 0.15) is 18.3 Å². The normalized spacial score (nSPS) is 12.6. The third-order valence-corrected chi connectivity index (χ3v) is 6.29. The van der Waals surface area contributed by atoms with E-state index >= 15 is 0 Å². The lowest BCUT2D eigenvalue weighted by Gasteiger charge is -2.33. The van der Waals surface area contributed by atoms with Gasteiger partial charge in [0.15, 0.2) is 0 Å². The number of amides is 2. The molecule has 2 aromatic carbocycles. The van der Waals surface area contributed by atoms with Crippen LogP contribution in [0.3, 0.4) is 0 Å². The van der Waals surface area contributed by atoms with Gasteiger partial charge in [0.25, 0.3) is 0 Å². The van der Waals surface area contributed by atoms with Gasteiger partial charge in [0.2, 0.25) is 21.8 Å². The van der Waals surface area contributed by atoms with Crippen LogP contribution in [0.4, 0.5) is 5.69 Å². The Morgan fingerprint density at radius 2 is 1.71 bits per heavy atom. The molecule has 0 saturated heterocycles. The molecule has 0 radical (unpaired) electrons. The maximum absolute atomic E-state index is 13.5. The molecule has 0 aliphatic carbocycles. The predicted molar refractivity (Wildman–Crippen MR) is 134 cm³/mol. The monoisotopic (exact) mass is 489 g/mol. The Labute approximate surface area is 202 Å². The molecule has 2 aromatic rings. The molecule has 0 aliphatic heterocycles. The summed E-state index contributed by atoms with van der Waals surface area (Å²) < 4.78 is 31.5. The van der Waals surface area contributed by atoms with E-state index in [1.807, 2.05) is 33.8 Å². The van der Waals surface area contributed by atoms with E-state index in [4.69, 9.17) is 4.74 Å². The summed E-state index contributed by atoms with van der Waals surface area (Å²) >= 11 is 0. The summed E-state index contributed by atoms with van der Waals surface area (Å²) in [4.78, 5) is 27.9. The third kappa shape index (κ3) is 7.76. The molecule has 0 unspecified atom stereocenters. The maximum atomic E-state index is 13.5. The van der Waals surface area contributed by atoms with Gasteiger partial charge in [-0.05, 0) is 64.4 Å². The van der Waals surface area contributed by atoms with E-state index in [2.05, 4.69) is 5.32 Å². The Morgan fingerprint density at radius 3 is 2.24 bits per heavy atom. The zero-order valence-electron chi connectivity index (χ0n) is 21.0. The van der Waals surface area contributed by atoms with Crippen molar-refractivity contribution < 1.29 is 22.7 Å². The van der Waals surface area contributed by atoms with E-state index in [9.17, 15) is 18.0 Å². The average Bonchev–Trinajstić information content (AvgIpc) is 2.74. The van der Waals surface area contributed by atoms with Crippen LogP contribution >= 0.6 is 0 Å². The van der Waals surface area contributed by atoms with Crippen LogP contribution in [0.15, 0.2) is 48.5 Å². The van der Waals surface area contributed by atoms with Gasteiger partial charge in [-0.3, -0.25) is 13.9 Å². The topological polar surface area (TPSA) is 96.0 Å². The van der Waals surface area contributed by atoms with Crippen molar-refractivity contribution in [3.63, 3.8) is 0 Å². The van der Waals surface area contributed by atoms with Gasteiger partial charge >= 0.3 is 0 Å². The molecule has 0 aromatic heterocycles. The van der Waals surface area contributed by atoms with Crippen molar-refractivity contribution in [3.05, 3.63) is 59.7 Å². The second-order valence-electron chi connectivity index (χ2n) is 9.39. The number of carbonyl (C=O) groups excluding carboxylic acids is 2. The molecule has 0 heterocycles. The van der Waals surface area contributed by atoms with Gasteiger partial charge < -0.3 is 15.0 Å². The zero-order valence-corrected chi connectivity index (χ0v) is 21.8. The lowest BCUT2D eigenvalue weighted by Crippen LogP contribution is -2.54. The number of nitrogens with zero attached hydrogens (tertiary/aromatic N) is 2. The second-order valence-corrected chi connectivity index (χ2v) is 11.3. The minimum absolute atomic E-state index is 0.111. The Balaban J connectivity index is 2.41. The minimum atomic E-state index is -3.75. The fraction of sp³-hybridized carbons (Fsp3) is 0.440. The fourth-order valence-corrected chi connectivity index (χ4v) is 4.20. The molecule has 0 bridgehead atoms. The molecule has 34 heavy (non-hydrogen) atoms. The Hall–Kier alpha value is -3.07. The van der Waals surface area contributed by atoms with Crippen LogP contribution in [0, 0.1) is 6.92 Å². The van der Waals surface area contributed by atoms with Crippen LogP contribution in [-0.4, -0.2) is 56.6 Å². The highest BCUT2D eigenvalue weighted by atomic mass is 32.2. The summed E-state index contributed by atoms with van der Waals surface area (Å²) in [6, 6.07) is 13.2. The quantitative estimate of drug-likeness (QED) is 0.584. The molecule has 0 aliphatic rings. The van der Waals surface area contributed by atoms with Gasteiger partial charge in [-0.15, -0.1) is 0 Å². The number of carbonyl (C=O) groups is 2. The summed E-state index contributed by atoms with van der Waals surface area (Å²) in [7, 11) is -2.20. The number of hydrogen-bond acceptors (Lipinski definition) is 5. The predicted octanol–water partition coefficient (Wildman–Crippen LogP) is 3.10. The molecule has 2 rings (SSSR count). The molecule has 1 atom stereocenters. The SMILES string of the molecule is COc1cccc(CN(C(=O)CN(c2ccc(C)cc2)S(C)(=O)=O)[C@H](C)C(=O)NC(C)(C)C)c1. The van der Waals surface area contributed by atoms with Crippen molar-refractivity contribution in [2.75, 3.05) is 24.2 Å². The highest BCUT2D eigenvalue weighted by molar-refractivity contribution is 7.92. The number of methoxy groups -OCH3 is 1. The summed E-state index contributed by atoms with van der Waals surface area (Å²) in [6.45, 7) is 8.78. The summed E-state index contributed by atoms with van der Waals surface area (Å²) in [6.07, 6.45) is 1.06. The molecular weight excluding hydrogens is 454 g/mol. The van der Waals surface area contributed by atoms with E-state index in [-0.39, 0.29) is 12.5 Å². The van der Waals surface area contributed by atoms with Gasteiger partial charge in [-0.2, -0.15) is 0 Å². The number of benzene rings is 2. The Bertz CT molecular complexity index is 1110. The van der Waals surface area contributed by atoms with Crippen LogP contribution in [-0.2, 0) is 26.2 Å². The van der Waals surface area contributed by atoms with Gasteiger partial charge in [-0.1, -0.05) is 29.8 Å². The Kier molecular flexibility index (Phi) is 8.72. The molecule has 0 saturated carbocycles. The number of rotatable bonds is 9. The summed E-state index contributed by atoms with van der Waals surface area (Å²) in [5.41, 5.74) is 1.62. The number of aryl methyl sites for hydroxylation is 1. The van der Waals surface area contributed by atoms with Crippen LogP contribution < -0.4 is 14.4 Å². The smallest absolute Gasteiger partial charge is 0.244 e. The van der Waals surface area contributed by atoms with Crippen LogP contribution in [0.5, 0.6) is 5.75 Å². The van der Waals surface area contributed by atoms with E-state index in [0.29, 0.717) is 11.4 Å². The van der Waals surface area contributed by atoms with Gasteiger partial charge in [-0.25, -0.2) is 8.42 Å². The van der Waals surface area contributed by atoms with Crippen LogP contribution in [0.25, 0.3) is 0 Å². The number of anilines is 1. The number of ether oxygens (including phenoxy) is 1. The first-order valence-electron chi connectivity index (χ1n) is 11.0. The first-order valence-corrected chi connectivity index (χ1v) is 12.8. The van der Waals surface area contributed by atoms with E-state index in [0.717, 1.165) is 21.7 Å². The average molecular weight is 490 g/mol. The minimum Gasteiger partial charge on any atom is -0.497 e. The van der Waals surface area contributed by atoms with Crippen molar-refractivity contribution in [1.29, 1.82) is 0 Å². The first kappa shape index (κ1) is 27.2. The Morgan fingerprint density at radius 1 is 1.09 bits per heavy atom. The van der Waals surface area contributed by atoms with Crippen molar-refractivity contribution in [3.8, 4) is 5.75 Å². The second kappa shape index (κ2) is 10.9. The molecule has 9 heteroatoms. The highest BCUT2D eigenvalue weighted by Gasteiger charge is 2.31. The molecule has 2 amide bonds. The van der Waals surface area contributed by atoms with E-state index in [1.165, 1.54) is 4.90 Å². The van der Waals surface area contributed by atoms with E-state index in [1.54, 1.807) is 56.5 Å². The van der Waals surface area contributed by atoms with Crippen molar-refractivity contribution in [1.82, 2.24) is 10.2 Å². The van der Waals surface area contributed by atoms with Crippen molar-refractivity contribution in [2.24, 2.45) is 0 Å². The molecule has 186 valence electrons. The lowest BCUT2D eigenvalue weighted by atomic mass is 10.1. The van der Waals surface area contributed by atoms with Crippen molar-refractivity contribution >= 4 is 27.5 Å². The largest absolute Gasteiger partial charge is 0.497 e. The zero-order chi connectivity index (χ0) is 25.7. The van der Waals surface area contributed by atoms with Crippen LogP contribution in [0.2, 0.25) is 0 Å². The fourth-order valence-electron chi connectivity index (χ4n) is 3.35. The molecule has 8 nitrogen and oxygen atoms in total.